The van der Waals surface area contributed by atoms with Crippen LogP contribution in [0.25, 0.3) is 22.0 Å². The molecule has 0 bridgehead atoms. The van der Waals surface area contributed by atoms with Crippen molar-refractivity contribution < 1.29 is 9.21 Å². The van der Waals surface area contributed by atoms with Gasteiger partial charge in [-0.15, -0.1) is 0 Å². The summed E-state index contributed by atoms with van der Waals surface area (Å²) in [6, 6.07) is 7.60. The van der Waals surface area contributed by atoms with Gasteiger partial charge in [-0.05, 0) is 42.7 Å². The first-order chi connectivity index (χ1) is 12.8. The zero-order valence-corrected chi connectivity index (χ0v) is 14.2. The van der Waals surface area contributed by atoms with Gasteiger partial charge in [-0.3, -0.25) is 9.78 Å². The standard InChI is InChI=1S/C20H18N4O2/c25-20(18-9-14-10-21-7-5-17(14)26-18)24-8-2-3-13(12-24)16-11-23-19-15(16)4-1-6-22-19/h1,4-7,9-11,13H,2-3,8,12H2,(H,22,23). The predicted octanol–water partition coefficient (Wildman–Crippen LogP) is 3.72. The third-order valence-corrected chi connectivity index (χ3v) is 5.16. The van der Waals surface area contributed by atoms with E-state index >= 15 is 0 Å². The molecule has 1 N–H and O–H groups in total. The number of furan rings is 1. The van der Waals surface area contributed by atoms with Gasteiger partial charge in [-0.2, -0.15) is 0 Å². The van der Waals surface area contributed by atoms with E-state index in [0.29, 0.717) is 23.8 Å². The zero-order valence-electron chi connectivity index (χ0n) is 14.2. The normalized spacial score (nSPS) is 17.8. The van der Waals surface area contributed by atoms with Crippen molar-refractivity contribution in [1.29, 1.82) is 0 Å². The largest absolute Gasteiger partial charge is 0.451 e. The average molecular weight is 346 g/mol. The second-order valence-electron chi connectivity index (χ2n) is 6.76. The number of carbonyl (C=O) groups is 1. The second-order valence-corrected chi connectivity index (χ2v) is 6.76. The molecule has 4 aromatic heterocycles. The molecular weight excluding hydrogens is 328 g/mol. The third kappa shape index (κ3) is 2.45. The molecule has 0 spiro atoms. The Morgan fingerprint density at radius 2 is 2.27 bits per heavy atom. The number of hydrogen-bond donors (Lipinski definition) is 1. The molecule has 130 valence electrons. The molecule has 26 heavy (non-hydrogen) atoms. The van der Waals surface area contributed by atoms with E-state index in [1.54, 1.807) is 30.7 Å². The number of nitrogens with zero attached hydrogens (tertiary/aromatic N) is 3. The maximum absolute atomic E-state index is 12.9. The summed E-state index contributed by atoms with van der Waals surface area (Å²) in [5.74, 6) is 0.634. The Labute approximate surface area is 149 Å². The highest BCUT2D eigenvalue weighted by atomic mass is 16.3. The van der Waals surface area contributed by atoms with Crippen molar-refractivity contribution in [3.05, 3.63) is 60.4 Å². The van der Waals surface area contributed by atoms with E-state index in [9.17, 15) is 4.79 Å². The number of aromatic amines is 1. The third-order valence-electron chi connectivity index (χ3n) is 5.16. The van der Waals surface area contributed by atoms with Gasteiger partial charge in [0.1, 0.15) is 11.2 Å². The van der Waals surface area contributed by atoms with Gasteiger partial charge in [-0.1, -0.05) is 0 Å². The van der Waals surface area contributed by atoms with Crippen molar-refractivity contribution in [2.24, 2.45) is 0 Å². The quantitative estimate of drug-likeness (QED) is 0.600. The highest BCUT2D eigenvalue weighted by Gasteiger charge is 2.28. The smallest absolute Gasteiger partial charge is 0.289 e. The first-order valence-corrected chi connectivity index (χ1v) is 8.84. The van der Waals surface area contributed by atoms with Crippen LogP contribution in [0, 0.1) is 0 Å². The maximum atomic E-state index is 12.9. The first-order valence-electron chi connectivity index (χ1n) is 8.84. The molecule has 0 aliphatic carbocycles. The summed E-state index contributed by atoms with van der Waals surface area (Å²) >= 11 is 0. The van der Waals surface area contributed by atoms with E-state index in [1.165, 1.54) is 5.56 Å². The summed E-state index contributed by atoms with van der Waals surface area (Å²) in [5, 5.41) is 1.99. The lowest BCUT2D eigenvalue weighted by molar-refractivity contribution is 0.0677. The first kappa shape index (κ1) is 15.1. The Bertz CT molecular complexity index is 1060. The van der Waals surface area contributed by atoms with Crippen molar-refractivity contribution in [2.75, 3.05) is 13.1 Å². The van der Waals surface area contributed by atoms with Crippen LogP contribution < -0.4 is 0 Å². The van der Waals surface area contributed by atoms with E-state index in [4.69, 9.17) is 4.42 Å². The summed E-state index contributed by atoms with van der Waals surface area (Å²) in [6.45, 7) is 1.45. The number of nitrogens with one attached hydrogen (secondary N) is 1. The lowest BCUT2D eigenvalue weighted by atomic mass is 9.90. The Morgan fingerprint density at radius 3 is 3.19 bits per heavy atom. The van der Waals surface area contributed by atoms with Crippen LogP contribution in [-0.4, -0.2) is 38.8 Å². The van der Waals surface area contributed by atoms with Gasteiger partial charge in [0.2, 0.25) is 0 Å². The lowest BCUT2D eigenvalue weighted by Crippen LogP contribution is -2.38. The fraction of sp³-hybridized carbons (Fsp3) is 0.250. The van der Waals surface area contributed by atoms with Crippen molar-refractivity contribution in [3.63, 3.8) is 0 Å². The van der Waals surface area contributed by atoms with Gasteiger partial charge < -0.3 is 14.3 Å². The average Bonchev–Trinajstić information content (AvgIpc) is 3.31. The fourth-order valence-corrected chi connectivity index (χ4v) is 3.88. The molecule has 1 fully saturated rings. The Morgan fingerprint density at radius 1 is 1.31 bits per heavy atom. The van der Waals surface area contributed by atoms with Gasteiger partial charge in [0.25, 0.3) is 5.91 Å². The molecule has 1 atom stereocenters. The number of hydrogen-bond acceptors (Lipinski definition) is 4. The van der Waals surface area contributed by atoms with Gasteiger partial charge in [0, 0.05) is 54.6 Å². The molecule has 1 unspecified atom stereocenters. The second kappa shape index (κ2) is 5.98. The van der Waals surface area contributed by atoms with Crippen LogP contribution >= 0.6 is 0 Å². The van der Waals surface area contributed by atoms with Crippen LogP contribution in [0.5, 0.6) is 0 Å². The highest BCUT2D eigenvalue weighted by Crippen LogP contribution is 2.32. The summed E-state index contributed by atoms with van der Waals surface area (Å²) in [5.41, 5.74) is 2.83. The van der Waals surface area contributed by atoms with Crippen LogP contribution in [0.4, 0.5) is 0 Å². The van der Waals surface area contributed by atoms with Gasteiger partial charge in [-0.25, -0.2) is 4.98 Å². The molecule has 5 rings (SSSR count). The molecular formula is C20H18N4O2. The minimum Gasteiger partial charge on any atom is -0.451 e. The van der Waals surface area contributed by atoms with Crippen molar-refractivity contribution in [3.8, 4) is 0 Å². The van der Waals surface area contributed by atoms with Crippen molar-refractivity contribution in [2.45, 2.75) is 18.8 Å². The minimum atomic E-state index is -0.0520. The van der Waals surface area contributed by atoms with E-state index in [-0.39, 0.29) is 5.91 Å². The van der Waals surface area contributed by atoms with Gasteiger partial charge >= 0.3 is 0 Å². The molecule has 1 saturated heterocycles. The molecule has 6 nitrogen and oxygen atoms in total. The Kier molecular flexibility index (Phi) is 3.48. The van der Waals surface area contributed by atoms with Crippen molar-refractivity contribution >= 4 is 27.9 Å². The van der Waals surface area contributed by atoms with Gasteiger partial charge in [0.15, 0.2) is 5.76 Å². The highest BCUT2D eigenvalue weighted by molar-refractivity contribution is 5.96. The zero-order chi connectivity index (χ0) is 17.5. The summed E-state index contributed by atoms with van der Waals surface area (Å²) in [7, 11) is 0. The minimum absolute atomic E-state index is 0.0520. The van der Waals surface area contributed by atoms with Gasteiger partial charge in [0.05, 0.1) is 0 Å². The van der Waals surface area contributed by atoms with Crippen LogP contribution in [0.3, 0.4) is 0 Å². The maximum Gasteiger partial charge on any atom is 0.289 e. The number of pyridine rings is 2. The SMILES string of the molecule is O=C(c1cc2cnccc2o1)N1CCCC(c2c[nH]c3ncccc23)C1. The van der Waals surface area contributed by atoms with E-state index < -0.39 is 0 Å². The van der Waals surface area contributed by atoms with Crippen LogP contribution in [0.2, 0.25) is 0 Å². The number of carbonyl (C=O) groups excluding carboxylic acids is 1. The summed E-state index contributed by atoms with van der Waals surface area (Å²) in [6.07, 6.45) is 9.25. The van der Waals surface area contributed by atoms with Crippen LogP contribution in [0.1, 0.15) is 34.9 Å². The number of piperidine rings is 1. The summed E-state index contributed by atoms with van der Waals surface area (Å²) in [4.78, 5) is 26.5. The molecule has 5 heterocycles. The summed E-state index contributed by atoms with van der Waals surface area (Å²) < 4.78 is 5.73. The van der Waals surface area contributed by atoms with Crippen molar-refractivity contribution in [1.82, 2.24) is 19.9 Å². The van der Waals surface area contributed by atoms with E-state index in [1.807, 2.05) is 17.2 Å². The molecule has 1 aliphatic heterocycles. The molecule has 0 radical (unpaired) electrons. The monoisotopic (exact) mass is 346 g/mol. The van der Waals surface area contributed by atoms with E-state index in [0.717, 1.165) is 35.8 Å². The van der Waals surface area contributed by atoms with Crippen LogP contribution in [-0.2, 0) is 0 Å². The van der Waals surface area contributed by atoms with E-state index in [2.05, 4.69) is 21.0 Å². The molecule has 0 saturated carbocycles. The topological polar surface area (TPSA) is 75.0 Å². The van der Waals surface area contributed by atoms with Crippen LogP contribution in [0.15, 0.2) is 53.5 Å². The molecule has 6 heteroatoms. The Balaban J connectivity index is 1.42. The fourth-order valence-electron chi connectivity index (χ4n) is 3.88. The number of H-pyrrole nitrogens is 1. The lowest BCUT2D eigenvalue weighted by Gasteiger charge is -2.32. The number of amides is 1. The number of aromatic nitrogens is 3. The molecule has 0 aromatic carbocycles. The molecule has 1 aliphatic rings. The predicted molar refractivity (Wildman–Crippen MR) is 98.0 cm³/mol. The number of fused-ring (bicyclic) bond motifs is 2. The molecule has 1 amide bonds. The number of rotatable bonds is 2. The Hall–Kier alpha value is -3.15. The molecule has 4 aromatic rings. The number of likely N-dealkylation sites (tertiary alicyclic amines) is 1.